The molecule has 0 radical (unpaired) electrons. The fourth-order valence-corrected chi connectivity index (χ4v) is 2.98. The highest BCUT2D eigenvalue weighted by Gasteiger charge is 2.16. The van der Waals surface area contributed by atoms with Crippen molar-refractivity contribution in [1.29, 1.82) is 0 Å². The second-order valence-corrected chi connectivity index (χ2v) is 6.96. The molecular weight excluding hydrogens is 483 g/mol. The van der Waals surface area contributed by atoms with Gasteiger partial charge in [0.05, 0.1) is 19.8 Å². The summed E-state index contributed by atoms with van der Waals surface area (Å²) in [6, 6.07) is 3.99. The predicted molar refractivity (Wildman–Crippen MR) is 127 cm³/mol. The van der Waals surface area contributed by atoms with Gasteiger partial charge in [0.15, 0.2) is 5.96 Å². The van der Waals surface area contributed by atoms with E-state index in [-0.39, 0.29) is 24.0 Å². The average molecular weight is 520 g/mol. The molecule has 0 amide bonds. The Bertz CT molecular complexity index is 551. The summed E-state index contributed by atoms with van der Waals surface area (Å²) < 4.78 is 16.9. The molecule has 8 heteroatoms. The minimum absolute atomic E-state index is 0. The highest BCUT2D eigenvalue weighted by Crippen LogP contribution is 2.22. The molecule has 0 aliphatic heterocycles. The molecular formula is C21H37IN4O3. The van der Waals surface area contributed by atoms with E-state index in [4.69, 9.17) is 14.2 Å². The Kier molecular flexibility index (Phi) is 14.9. The molecule has 166 valence electrons. The SMILES string of the molecule is CCCCOCCOCCNC(=NC)NCc1ccc(OC2CCCC2)nc1.I. The quantitative estimate of drug-likeness (QED) is 0.180. The molecule has 1 fully saturated rings. The Labute approximate surface area is 192 Å². The molecule has 0 aromatic carbocycles. The number of nitrogens with one attached hydrogen (secondary N) is 2. The number of unbranched alkanes of at least 4 members (excludes halogenated alkanes) is 1. The maximum Gasteiger partial charge on any atom is 0.213 e. The van der Waals surface area contributed by atoms with Gasteiger partial charge in [-0.25, -0.2) is 4.98 Å². The molecule has 29 heavy (non-hydrogen) atoms. The van der Waals surface area contributed by atoms with E-state index >= 15 is 0 Å². The van der Waals surface area contributed by atoms with Crippen LogP contribution < -0.4 is 15.4 Å². The first kappa shape index (κ1) is 25.9. The third-order valence-corrected chi connectivity index (χ3v) is 4.62. The van der Waals surface area contributed by atoms with Crippen molar-refractivity contribution >= 4 is 29.9 Å². The van der Waals surface area contributed by atoms with Crippen LogP contribution in [-0.2, 0) is 16.0 Å². The minimum atomic E-state index is 0. The van der Waals surface area contributed by atoms with E-state index in [0.29, 0.717) is 44.9 Å². The predicted octanol–water partition coefficient (Wildman–Crippen LogP) is 3.52. The van der Waals surface area contributed by atoms with Crippen LogP contribution in [0.4, 0.5) is 0 Å². The fourth-order valence-electron chi connectivity index (χ4n) is 2.98. The highest BCUT2D eigenvalue weighted by molar-refractivity contribution is 14.0. The number of guanidine groups is 1. The van der Waals surface area contributed by atoms with Crippen LogP contribution in [0.15, 0.2) is 23.3 Å². The second kappa shape index (κ2) is 16.6. The van der Waals surface area contributed by atoms with Gasteiger partial charge in [0.2, 0.25) is 5.88 Å². The molecule has 1 aliphatic rings. The standard InChI is InChI=1S/C21H36N4O3.HI/c1-3-4-12-26-14-15-27-13-11-23-21(22-2)25-17-18-9-10-20(24-16-18)28-19-7-5-6-8-19;/h9-10,16,19H,3-8,11-15,17H2,1-2H3,(H2,22,23,25);1H. The molecule has 1 aliphatic carbocycles. The van der Waals surface area contributed by atoms with Crippen LogP contribution in [-0.4, -0.2) is 57.1 Å². The zero-order valence-electron chi connectivity index (χ0n) is 17.8. The summed E-state index contributed by atoms with van der Waals surface area (Å²) >= 11 is 0. The number of pyridine rings is 1. The molecule has 1 saturated carbocycles. The number of hydrogen-bond acceptors (Lipinski definition) is 5. The number of ether oxygens (including phenoxy) is 3. The minimum Gasteiger partial charge on any atom is -0.474 e. The summed E-state index contributed by atoms with van der Waals surface area (Å²) in [5, 5.41) is 6.52. The highest BCUT2D eigenvalue weighted by atomic mass is 127. The third-order valence-electron chi connectivity index (χ3n) is 4.62. The second-order valence-electron chi connectivity index (χ2n) is 6.96. The largest absolute Gasteiger partial charge is 0.474 e. The molecule has 1 aromatic rings. The van der Waals surface area contributed by atoms with Crippen molar-refractivity contribution in [1.82, 2.24) is 15.6 Å². The van der Waals surface area contributed by atoms with Gasteiger partial charge in [-0.05, 0) is 37.7 Å². The molecule has 0 unspecified atom stereocenters. The van der Waals surface area contributed by atoms with Crippen molar-refractivity contribution in [2.24, 2.45) is 4.99 Å². The van der Waals surface area contributed by atoms with Crippen LogP contribution in [0.2, 0.25) is 0 Å². The number of aromatic nitrogens is 1. The Morgan fingerprint density at radius 3 is 2.52 bits per heavy atom. The number of hydrogen-bond donors (Lipinski definition) is 2. The zero-order chi connectivity index (χ0) is 19.9. The van der Waals surface area contributed by atoms with E-state index in [9.17, 15) is 0 Å². The summed E-state index contributed by atoms with van der Waals surface area (Å²) in [6.45, 7) is 6.22. The van der Waals surface area contributed by atoms with Gasteiger partial charge in [0.1, 0.15) is 6.10 Å². The van der Waals surface area contributed by atoms with E-state index in [1.165, 1.54) is 12.8 Å². The van der Waals surface area contributed by atoms with Crippen molar-refractivity contribution in [2.75, 3.05) is 40.0 Å². The topological polar surface area (TPSA) is 77.0 Å². The number of aliphatic imine (C=N–C) groups is 1. The fraction of sp³-hybridized carbons (Fsp3) is 0.714. The molecule has 1 aromatic heterocycles. The lowest BCUT2D eigenvalue weighted by Crippen LogP contribution is -2.38. The van der Waals surface area contributed by atoms with Crippen molar-refractivity contribution in [3.05, 3.63) is 23.9 Å². The van der Waals surface area contributed by atoms with E-state index < -0.39 is 0 Å². The van der Waals surface area contributed by atoms with Crippen molar-refractivity contribution in [3.8, 4) is 5.88 Å². The van der Waals surface area contributed by atoms with Crippen LogP contribution in [0.1, 0.15) is 51.0 Å². The Morgan fingerprint density at radius 2 is 1.86 bits per heavy atom. The van der Waals surface area contributed by atoms with Crippen molar-refractivity contribution in [2.45, 2.75) is 58.1 Å². The molecule has 0 atom stereocenters. The molecule has 0 spiro atoms. The van der Waals surface area contributed by atoms with Crippen LogP contribution in [0.25, 0.3) is 0 Å². The lowest BCUT2D eigenvalue weighted by atomic mass is 10.3. The van der Waals surface area contributed by atoms with Gasteiger partial charge in [0.25, 0.3) is 0 Å². The van der Waals surface area contributed by atoms with Crippen LogP contribution in [0, 0.1) is 0 Å². The van der Waals surface area contributed by atoms with Gasteiger partial charge >= 0.3 is 0 Å². The Morgan fingerprint density at radius 1 is 1.10 bits per heavy atom. The smallest absolute Gasteiger partial charge is 0.213 e. The summed E-state index contributed by atoms with van der Waals surface area (Å²) in [6.07, 6.45) is 9.26. The number of nitrogens with zero attached hydrogens (tertiary/aromatic N) is 2. The van der Waals surface area contributed by atoms with Crippen LogP contribution in [0.3, 0.4) is 0 Å². The lowest BCUT2D eigenvalue weighted by molar-refractivity contribution is 0.0487. The van der Waals surface area contributed by atoms with E-state index in [2.05, 4.69) is 27.5 Å². The van der Waals surface area contributed by atoms with Gasteiger partial charge in [-0.3, -0.25) is 4.99 Å². The van der Waals surface area contributed by atoms with Gasteiger partial charge in [-0.15, -0.1) is 24.0 Å². The van der Waals surface area contributed by atoms with Gasteiger partial charge in [-0.2, -0.15) is 0 Å². The monoisotopic (exact) mass is 520 g/mol. The molecule has 2 N–H and O–H groups in total. The first-order valence-electron chi connectivity index (χ1n) is 10.5. The number of rotatable bonds is 13. The molecule has 7 nitrogen and oxygen atoms in total. The van der Waals surface area contributed by atoms with Crippen molar-refractivity contribution < 1.29 is 14.2 Å². The summed E-state index contributed by atoms with van der Waals surface area (Å²) in [5.74, 6) is 1.46. The normalized spacial score (nSPS) is 14.5. The lowest BCUT2D eigenvalue weighted by Gasteiger charge is -2.13. The van der Waals surface area contributed by atoms with Crippen LogP contribution in [0.5, 0.6) is 5.88 Å². The summed E-state index contributed by atoms with van der Waals surface area (Å²) in [4.78, 5) is 8.64. The van der Waals surface area contributed by atoms with Crippen LogP contribution >= 0.6 is 24.0 Å². The summed E-state index contributed by atoms with van der Waals surface area (Å²) in [5.41, 5.74) is 1.09. The van der Waals surface area contributed by atoms with Crippen molar-refractivity contribution in [3.63, 3.8) is 0 Å². The van der Waals surface area contributed by atoms with E-state index in [0.717, 1.165) is 43.8 Å². The van der Waals surface area contributed by atoms with E-state index in [1.54, 1.807) is 7.05 Å². The average Bonchev–Trinajstić information content (AvgIpc) is 3.23. The maximum atomic E-state index is 5.90. The van der Waals surface area contributed by atoms with Gasteiger partial charge < -0.3 is 24.8 Å². The van der Waals surface area contributed by atoms with E-state index in [1.807, 2.05) is 18.3 Å². The molecule has 0 saturated heterocycles. The molecule has 1 heterocycles. The Hall–Kier alpha value is -1.13. The Balaban J connectivity index is 0.00000420. The summed E-state index contributed by atoms with van der Waals surface area (Å²) in [7, 11) is 1.76. The zero-order valence-corrected chi connectivity index (χ0v) is 20.2. The number of halogens is 1. The molecule has 2 rings (SSSR count). The first-order valence-corrected chi connectivity index (χ1v) is 10.5. The van der Waals surface area contributed by atoms with Gasteiger partial charge in [0, 0.05) is 39.0 Å². The van der Waals surface area contributed by atoms with Gasteiger partial charge in [-0.1, -0.05) is 19.4 Å². The maximum absolute atomic E-state index is 5.90. The molecule has 0 bridgehead atoms. The third kappa shape index (κ3) is 11.6. The first-order chi connectivity index (χ1) is 13.8.